The van der Waals surface area contributed by atoms with Crippen molar-refractivity contribution in [2.45, 2.75) is 20.4 Å². The minimum absolute atomic E-state index is 0.0858. The zero-order chi connectivity index (χ0) is 19.6. The minimum Gasteiger partial charge on any atom is -0.493 e. The van der Waals surface area contributed by atoms with E-state index in [-0.39, 0.29) is 23.6 Å². The van der Waals surface area contributed by atoms with E-state index >= 15 is 0 Å². The summed E-state index contributed by atoms with van der Waals surface area (Å²) in [5.41, 5.74) is 0.882. The van der Waals surface area contributed by atoms with Crippen molar-refractivity contribution in [3.63, 3.8) is 0 Å². The SMILES string of the molecule is CC(=NCc1ccc(F)cc1)c1c(O)n(-c2ccc(C)cc2)c(=O)[nH]c1=O. The molecule has 3 rings (SSSR count). The average Bonchev–Trinajstić information content (AvgIpc) is 2.62. The maximum atomic E-state index is 13.0. The van der Waals surface area contributed by atoms with E-state index in [0.717, 1.165) is 15.7 Å². The van der Waals surface area contributed by atoms with Gasteiger partial charge in [-0.2, -0.15) is 0 Å². The lowest BCUT2D eigenvalue weighted by atomic mass is 10.2. The van der Waals surface area contributed by atoms with Gasteiger partial charge in [-0.3, -0.25) is 14.8 Å². The monoisotopic (exact) mass is 367 g/mol. The number of benzene rings is 2. The third-order valence-corrected chi connectivity index (χ3v) is 4.15. The van der Waals surface area contributed by atoms with Gasteiger partial charge in [0.15, 0.2) is 0 Å². The lowest BCUT2D eigenvalue weighted by molar-refractivity contribution is 0.429. The third kappa shape index (κ3) is 3.87. The number of aromatic nitrogens is 2. The maximum Gasteiger partial charge on any atom is 0.335 e. The Balaban J connectivity index is 2.04. The largest absolute Gasteiger partial charge is 0.493 e. The molecule has 3 aromatic rings. The van der Waals surface area contributed by atoms with E-state index in [1.54, 1.807) is 43.3 Å². The van der Waals surface area contributed by atoms with Crippen molar-refractivity contribution in [1.29, 1.82) is 0 Å². The number of halogens is 1. The van der Waals surface area contributed by atoms with Crippen molar-refractivity contribution in [3.05, 3.63) is 91.9 Å². The molecule has 1 aromatic heterocycles. The fourth-order valence-corrected chi connectivity index (χ4v) is 2.66. The number of aromatic hydroxyl groups is 1. The Hall–Kier alpha value is -3.48. The number of hydrogen-bond acceptors (Lipinski definition) is 4. The van der Waals surface area contributed by atoms with Crippen LogP contribution in [0.3, 0.4) is 0 Å². The quantitative estimate of drug-likeness (QED) is 0.695. The van der Waals surface area contributed by atoms with Gasteiger partial charge in [0.25, 0.3) is 5.56 Å². The lowest BCUT2D eigenvalue weighted by Crippen LogP contribution is -2.32. The second kappa shape index (κ2) is 7.41. The Kier molecular flexibility index (Phi) is 5.03. The highest BCUT2D eigenvalue weighted by Crippen LogP contribution is 2.18. The van der Waals surface area contributed by atoms with Crippen molar-refractivity contribution in [2.24, 2.45) is 4.99 Å². The normalized spacial score (nSPS) is 11.6. The van der Waals surface area contributed by atoms with Crippen LogP contribution in [0.4, 0.5) is 4.39 Å². The van der Waals surface area contributed by atoms with E-state index in [4.69, 9.17) is 0 Å². The predicted octanol–water partition coefficient (Wildman–Crippen LogP) is 2.69. The van der Waals surface area contributed by atoms with Gasteiger partial charge in [0, 0.05) is 0 Å². The number of nitrogens with zero attached hydrogens (tertiary/aromatic N) is 2. The van der Waals surface area contributed by atoms with Crippen LogP contribution in [0.15, 0.2) is 63.1 Å². The molecule has 2 aromatic carbocycles. The van der Waals surface area contributed by atoms with Crippen LogP contribution < -0.4 is 11.2 Å². The number of rotatable bonds is 4. The predicted molar refractivity (Wildman–Crippen MR) is 101 cm³/mol. The van der Waals surface area contributed by atoms with Gasteiger partial charge in [-0.25, -0.2) is 13.8 Å². The molecule has 0 atom stereocenters. The second-order valence-electron chi connectivity index (χ2n) is 6.16. The van der Waals surface area contributed by atoms with Crippen molar-refractivity contribution < 1.29 is 9.50 Å². The van der Waals surface area contributed by atoms with Crippen molar-refractivity contribution in [2.75, 3.05) is 0 Å². The van der Waals surface area contributed by atoms with E-state index in [1.165, 1.54) is 12.1 Å². The number of nitrogens with one attached hydrogen (secondary N) is 1. The molecule has 27 heavy (non-hydrogen) atoms. The summed E-state index contributed by atoms with van der Waals surface area (Å²) in [5, 5.41) is 10.6. The highest BCUT2D eigenvalue weighted by atomic mass is 19.1. The Morgan fingerprint density at radius 1 is 1.11 bits per heavy atom. The summed E-state index contributed by atoms with van der Waals surface area (Å²) in [7, 11) is 0. The Labute approximate surface area is 154 Å². The van der Waals surface area contributed by atoms with Crippen LogP contribution in [0.25, 0.3) is 5.69 Å². The zero-order valence-corrected chi connectivity index (χ0v) is 14.9. The summed E-state index contributed by atoms with van der Waals surface area (Å²) in [5.74, 6) is -0.827. The van der Waals surface area contributed by atoms with Crippen LogP contribution in [0.2, 0.25) is 0 Å². The van der Waals surface area contributed by atoms with E-state index in [1.807, 2.05) is 6.92 Å². The highest BCUT2D eigenvalue weighted by molar-refractivity contribution is 6.00. The van der Waals surface area contributed by atoms with E-state index in [9.17, 15) is 19.1 Å². The number of hydrogen-bond donors (Lipinski definition) is 2. The molecule has 7 heteroatoms. The van der Waals surface area contributed by atoms with E-state index in [2.05, 4.69) is 9.98 Å². The molecule has 138 valence electrons. The molecule has 2 N–H and O–H groups in total. The summed E-state index contributed by atoms with van der Waals surface area (Å²) >= 11 is 0. The first-order valence-corrected chi connectivity index (χ1v) is 8.28. The summed E-state index contributed by atoms with van der Waals surface area (Å²) in [6, 6.07) is 12.7. The fraction of sp³-hybridized carbons (Fsp3) is 0.150. The molecule has 0 aliphatic heterocycles. The van der Waals surface area contributed by atoms with Crippen LogP contribution in [0.1, 0.15) is 23.6 Å². The zero-order valence-electron chi connectivity index (χ0n) is 14.9. The molecular weight excluding hydrogens is 349 g/mol. The van der Waals surface area contributed by atoms with Crippen LogP contribution in [-0.2, 0) is 6.54 Å². The van der Waals surface area contributed by atoms with E-state index < -0.39 is 17.1 Å². The number of H-pyrrole nitrogens is 1. The molecule has 0 saturated carbocycles. The molecule has 0 spiro atoms. The fourth-order valence-electron chi connectivity index (χ4n) is 2.66. The smallest absolute Gasteiger partial charge is 0.335 e. The van der Waals surface area contributed by atoms with Gasteiger partial charge in [0.2, 0.25) is 5.88 Å². The topological polar surface area (TPSA) is 87.4 Å². The molecular formula is C20H18FN3O3. The van der Waals surface area contributed by atoms with Crippen molar-refractivity contribution >= 4 is 5.71 Å². The maximum absolute atomic E-state index is 13.0. The first-order chi connectivity index (χ1) is 12.9. The second-order valence-corrected chi connectivity index (χ2v) is 6.16. The summed E-state index contributed by atoms with van der Waals surface area (Å²) in [6.45, 7) is 3.67. The Morgan fingerprint density at radius 2 is 1.74 bits per heavy atom. The van der Waals surface area contributed by atoms with Crippen LogP contribution in [0, 0.1) is 12.7 Å². The third-order valence-electron chi connectivity index (χ3n) is 4.15. The molecule has 0 aliphatic rings. The molecule has 0 amide bonds. The van der Waals surface area contributed by atoms with E-state index in [0.29, 0.717) is 5.69 Å². The van der Waals surface area contributed by atoms with Gasteiger partial charge in [0.05, 0.1) is 17.9 Å². The standard InChI is InChI=1S/C20H18FN3O3/c1-12-3-9-16(10-4-12)24-19(26)17(18(25)23-20(24)27)13(2)22-11-14-5-7-15(21)8-6-14/h3-10,26H,11H2,1-2H3,(H,23,25,27). The lowest BCUT2D eigenvalue weighted by Gasteiger charge is -2.11. The average molecular weight is 367 g/mol. The number of aromatic amines is 1. The van der Waals surface area contributed by atoms with Gasteiger partial charge >= 0.3 is 5.69 Å². The molecule has 6 nitrogen and oxygen atoms in total. The first-order valence-electron chi connectivity index (χ1n) is 8.28. The van der Waals surface area contributed by atoms with Crippen LogP contribution >= 0.6 is 0 Å². The Bertz CT molecular complexity index is 1110. The van der Waals surface area contributed by atoms with Gasteiger partial charge < -0.3 is 5.11 Å². The number of aryl methyl sites for hydroxylation is 1. The molecule has 0 saturated heterocycles. The molecule has 0 unspecified atom stereocenters. The molecule has 0 fully saturated rings. The van der Waals surface area contributed by atoms with Crippen molar-refractivity contribution in [1.82, 2.24) is 9.55 Å². The summed E-state index contributed by atoms with van der Waals surface area (Å²) in [4.78, 5) is 30.9. The Morgan fingerprint density at radius 3 is 2.37 bits per heavy atom. The first kappa shape index (κ1) is 18.3. The van der Waals surface area contributed by atoms with Gasteiger partial charge in [-0.05, 0) is 43.7 Å². The van der Waals surface area contributed by atoms with Crippen LogP contribution in [0.5, 0.6) is 5.88 Å². The van der Waals surface area contributed by atoms with Gasteiger partial charge in [-0.15, -0.1) is 0 Å². The summed E-state index contributed by atoms with van der Waals surface area (Å²) in [6.07, 6.45) is 0. The summed E-state index contributed by atoms with van der Waals surface area (Å²) < 4.78 is 14.0. The minimum atomic E-state index is -0.739. The molecule has 0 bridgehead atoms. The molecule has 1 heterocycles. The highest BCUT2D eigenvalue weighted by Gasteiger charge is 2.17. The van der Waals surface area contributed by atoms with Crippen molar-refractivity contribution in [3.8, 4) is 11.6 Å². The van der Waals surface area contributed by atoms with Crippen LogP contribution in [-0.4, -0.2) is 20.4 Å². The van der Waals surface area contributed by atoms with Gasteiger partial charge in [-0.1, -0.05) is 29.8 Å². The molecule has 0 radical (unpaired) electrons. The van der Waals surface area contributed by atoms with Gasteiger partial charge in [0.1, 0.15) is 11.4 Å². The molecule has 0 aliphatic carbocycles. The number of aliphatic imine (C=N–C) groups is 1.